The summed E-state index contributed by atoms with van der Waals surface area (Å²) in [7, 11) is 2.99. The lowest BCUT2D eigenvalue weighted by atomic mass is 10.2. The van der Waals surface area contributed by atoms with Crippen LogP contribution in [-0.4, -0.2) is 45.2 Å². The molecule has 2 rings (SSSR count). The third-order valence-corrected chi connectivity index (χ3v) is 4.04. The summed E-state index contributed by atoms with van der Waals surface area (Å²) < 4.78 is 15.1. The van der Waals surface area contributed by atoms with Gasteiger partial charge in [0.05, 0.1) is 19.1 Å². The molecule has 8 nitrogen and oxygen atoms in total. The SMILES string of the molecule is COc1ccc(NC(=O)COC(=O)CNC(=O)c2cccs2)cc1OC. The summed E-state index contributed by atoms with van der Waals surface area (Å²) in [5.41, 5.74) is 0.467. The average Bonchev–Trinajstić information content (AvgIpc) is 3.19. The Hall–Kier alpha value is -3.07. The number of methoxy groups -OCH3 is 2. The first kappa shape index (κ1) is 19.3. The van der Waals surface area contributed by atoms with Gasteiger partial charge in [0.15, 0.2) is 18.1 Å². The molecule has 2 N–H and O–H groups in total. The molecule has 0 saturated heterocycles. The zero-order chi connectivity index (χ0) is 18.9. The number of benzene rings is 1. The van der Waals surface area contributed by atoms with Crippen molar-refractivity contribution in [1.29, 1.82) is 0 Å². The second-order valence-corrected chi connectivity index (χ2v) is 5.89. The molecular formula is C17H18N2O6S. The van der Waals surface area contributed by atoms with E-state index in [1.54, 1.807) is 35.7 Å². The molecule has 2 amide bonds. The molecule has 0 saturated carbocycles. The molecule has 0 radical (unpaired) electrons. The minimum atomic E-state index is -0.711. The topological polar surface area (TPSA) is 103 Å². The number of carbonyl (C=O) groups excluding carboxylic acids is 3. The molecule has 2 aromatic rings. The number of nitrogens with one attached hydrogen (secondary N) is 2. The van der Waals surface area contributed by atoms with E-state index in [0.29, 0.717) is 22.1 Å². The Morgan fingerprint density at radius 2 is 1.85 bits per heavy atom. The van der Waals surface area contributed by atoms with Gasteiger partial charge < -0.3 is 24.8 Å². The van der Waals surface area contributed by atoms with Gasteiger partial charge in [0.1, 0.15) is 6.54 Å². The van der Waals surface area contributed by atoms with E-state index < -0.39 is 18.5 Å². The molecule has 0 spiro atoms. The Morgan fingerprint density at radius 1 is 1.08 bits per heavy atom. The Labute approximate surface area is 154 Å². The summed E-state index contributed by atoms with van der Waals surface area (Å²) >= 11 is 1.26. The minimum Gasteiger partial charge on any atom is -0.493 e. The molecule has 0 atom stereocenters. The summed E-state index contributed by atoms with van der Waals surface area (Å²) in [6.07, 6.45) is 0. The second-order valence-electron chi connectivity index (χ2n) is 4.94. The van der Waals surface area contributed by atoms with Crippen LogP contribution in [0.25, 0.3) is 0 Å². The zero-order valence-corrected chi connectivity index (χ0v) is 15.1. The molecule has 1 heterocycles. The molecule has 0 unspecified atom stereocenters. The molecule has 26 heavy (non-hydrogen) atoms. The molecule has 138 valence electrons. The van der Waals surface area contributed by atoms with E-state index in [0.717, 1.165) is 0 Å². The van der Waals surface area contributed by atoms with E-state index in [-0.39, 0.29) is 12.5 Å². The van der Waals surface area contributed by atoms with Crippen molar-refractivity contribution in [3.8, 4) is 11.5 Å². The van der Waals surface area contributed by atoms with Gasteiger partial charge in [-0.1, -0.05) is 6.07 Å². The maximum atomic E-state index is 11.8. The predicted octanol–water partition coefficient (Wildman–Crippen LogP) is 1.68. The molecule has 1 aromatic carbocycles. The summed E-state index contributed by atoms with van der Waals surface area (Å²) in [4.78, 5) is 35.6. The number of esters is 1. The van der Waals surface area contributed by atoms with Crippen LogP contribution in [0.2, 0.25) is 0 Å². The molecular weight excluding hydrogens is 360 g/mol. The van der Waals surface area contributed by atoms with Gasteiger partial charge in [-0.25, -0.2) is 0 Å². The zero-order valence-electron chi connectivity index (χ0n) is 14.2. The van der Waals surface area contributed by atoms with Crippen molar-refractivity contribution in [3.63, 3.8) is 0 Å². The van der Waals surface area contributed by atoms with Crippen LogP contribution >= 0.6 is 11.3 Å². The van der Waals surface area contributed by atoms with Gasteiger partial charge in [-0.05, 0) is 23.6 Å². The maximum Gasteiger partial charge on any atom is 0.325 e. The predicted molar refractivity (Wildman–Crippen MR) is 95.8 cm³/mol. The molecule has 9 heteroatoms. The standard InChI is InChI=1S/C17H18N2O6S/c1-23-12-6-5-11(8-13(12)24-2)19-15(20)10-25-16(21)9-18-17(22)14-4-3-7-26-14/h3-8H,9-10H2,1-2H3,(H,18,22)(H,19,20). The monoisotopic (exact) mass is 378 g/mol. The number of ether oxygens (including phenoxy) is 3. The van der Waals surface area contributed by atoms with Crippen molar-refractivity contribution in [1.82, 2.24) is 5.32 Å². The molecule has 0 bridgehead atoms. The van der Waals surface area contributed by atoms with Crippen LogP contribution in [0, 0.1) is 0 Å². The van der Waals surface area contributed by atoms with Crippen LogP contribution < -0.4 is 20.1 Å². The van der Waals surface area contributed by atoms with Crippen molar-refractivity contribution in [2.24, 2.45) is 0 Å². The van der Waals surface area contributed by atoms with Gasteiger partial charge in [-0.2, -0.15) is 0 Å². The maximum absolute atomic E-state index is 11.8. The van der Waals surface area contributed by atoms with E-state index in [1.807, 2.05) is 0 Å². The van der Waals surface area contributed by atoms with Crippen LogP contribution in [0.5, 0.6) is 11.5 Å². The molecule has 0 aliphatic heterocycles. The molecule has 0 fully saturated rings. The van der Waals surface area contributed by atoms with Gasteiger partial charge in [0.2, 0.25) is 0 Å². The van der Waals surface area contributed by atoms with Crippen molar-refractivity contribution < 1.29 is 28.6 Å². The van der Waals surface area contributed by atoms with Crippen molar-refractivity contribution >= 4 is 34.8 Å². The lowest BCUT2D eigenvalue weighted by Gasteiger charge is -2.11. The largest absolute Gasteiger partial charge is 0.493 e. The minimum absolute atomic E-state index is 0.319. The highest BCUT2D eigenvalue weighted by molar-refractivity contribution is 7.12. The number of hydrogen-bond donors (Lipinski definition) is 2. The van der Waals surface area contributed by atoms with E-state index >= 15 is 0 Å². The first-order valence-electron chi connectivity index (χ1n) is 7.52. The highest BCUT2D eigenvalue weighted by atomic mass is 32.1. The van der Waals surface area contributed by atoms with Gasteiger partial charge >= 0.3 is 5.97 Å². The number of carbonyl (C=O) groups is 3. The van der Waals surface area contributed by atoms with Gasteiger partial charge in [-0.15, -0.1) is 11.3 Å². The Morgan fingerprint density at radius 3 is 2.50 bits per heavy atom. The van der Waals surface area contributed by atoms with Crippen LogP contribution in [-0.2, 0) is 14.3 Å². The smallest absolute Gasteiger partial charge is 0.325 e. The first-order valence-corrected chi connectivity index (χ1v) is 8.40. The van der Waals surface area contributed by atoms with Crippen molar-refractivity contribution in [2.45, 2.75) is 0 Å². The second kappa shape index (κ2) is 9.42. The summed E-state index contributed by atoms with van der Waals surface area (Å²) in [5.74, 6) is -0.615. The molecule has 0 aliphatic rings. The Balaban J connectivity index is 1.76. The van der Waals surface area contributed by atoms with Gasteiger partial charge in [-0.3, -0.25) is 14.4 Å². The average molecular weight is 378 g/mol. The number of anilines is 1. The van der Waals surface area contributed by atoms with Crippen molar-refractivity contribution in [2.75, 3.05) is 32.7 Å². The summed E-state index contributed by atoms with van der Waals surface area (Å²) in [6, 6.07) is 8.22. The fourth-order valence-electron chi connectivity index (χ4n) is 1.96. The van der Waals surface area contributed by atoms with Gasteiger partial charge in [0.25, 0.3) is 11.8 Å². The Bertz CT molecular complexity index is 776. The van der Waals surface area contributed by atoms with Crippen LogP contribution in [0.4, 0.5) is 5.69 Å². The van der Waals surface area contributed by atoms with Gasteiger partial charge in [0, 0.05) is 11.8 Å². The normalized spacial score (nSPS) is 9.92. The number of rotatable bonds is 8. The van der Waals surface area contributed by atoms with Crippen LogP contribution in [0.15, 0.2) is 35.7 Å². The molecule has 0 aliphatic carbocycles. The lowest BCUT2D eigenvalue weighted by molar-refractivity contribution is -0.146. The van der Waals surface area contributed by atoms with E-state index in [2.05, 4.69) is 10.6 Å². The number of thiophene rings is 1. The third-order valence-electron chi connectivity index (χ3n) is 3.17. The number of hydrogen-bond acceptors (Lipinski definition) is 7. The van der Waals surface area contributed by atoms with Crippen molar-refractivity contribution in [3.05, 3.63) is 40.6 Å². The highest BCUT2D eigenvalue weighted by Gasteiger charge is 2.12. The third kappa shape index (κ3) is 5.49. The summed E-state index contributed by atoms with van der Waals surface area (Å²) in [5, 5.41) is 6.75. The van der Waals surface area contributed by atoms with E-state index in [1.165, 1.54) is 25.6 Å². The van der Waals surface area contributed by atoms with Crippen LogP contribution in [0.1, 0.15) is 9.67 Å². The summed E-state index contributed by atoms with van der Waals surface area (Å²) in [6.45, 7) is -0.789. The Kier molecular flexibility index (Phi) is 6.98. The first-order chi connectivity index (χ1) is 12.5. The quantitative estimate of drug-likeness (QED) is 0.678. The lowest BCUT2D eigenvalue weighted by Crippen LogP contribution is -2.31. The number of amides is 2. The fourth-order valence-corrected chi connectivity index (χ4v) is 2.60. The van der Waals surface area contributed by atoms with E-state index in [9.17, 15) is 14.4 Å². The highest BCUT2D eigenvalue weighted by Crippen LogP contribution is 2.29. The molecule has 1 aromatic heterocycles. The van der Waals surface area contributed by atoms with E-state index in [4.69, 9.17) is 14.2 Å². The fraction of sp³-hybridized carbons (Fsp3) is 0.235. The van der Waals surface area contributed by atoms with Crippen LogP contribution in [0.3, 0.4) is 0 Å².